The molecule has 68 valence electrons. The van der Waals surface area contributed by atoms with Gasteiger partial charge in [0, 0.05) is 17.8 Å². The van der Waals surface area contributed by atoms with Gasteiger partial charge in [-0.1, -0.05) is 0 Å². The summed E-state index contributed by atoms with van der Waals surface area (Å²) in [5, 5.41) is 8.97. The lowest BCUT2D eigenvalue weighted by molar-refractivity contribution is 0.932. The third kappa shape index (κ3) is 0.925. The maximum absolute atomic E-state index is 8.97. The van der Waals surface area contributed by atoms with Crippen LogP contribution in [0.5, 0.6) is 0 Å². The highest BCUT2D eigenvalue weighted by Gasteiger charge is 2.28. The van der Waals surface area contributed by atoms with Gasteiger partial charge in [-0.15, -0.1) is 0 Å². The molecule has 3 rings (SSSR count). The summed E-state index contributed by atoms with van der Waals surface area (Å²) in [6, 6.07) is 2.19. The summed E-state index contributed by atoms with van der Waals surface area (Å²) in [6.07, 6.45) is 7.44. The third-order valence-electron chi connectivity index (χ3n) is 2.56. The van der Waals surface area contributed by atoms with Crippen LogP contribution >= 0.6 is 0 Å². The monoisotopic (exact) mass is 184 g/mol. The predicted octanol–water partition coefficient (Wildman–Crippen LogP) is 1.48. The molecule has 1 aliphatic carbocycles. The fraction of sp³-hybridized carbons (Fsp3) is 0.300. The van der Waals surface area contributed by atoms with Gasteiger partial charge in [-0.2, -0.15) is 5.26 Å². The van der Waals surface area contributed by atoms with E-state index in [1.54, 1.807) is 18.7 Å². The SMILES string of the molecule is N#Cc1cnc2cncn2c1C1CC1. The van der Waals surface area contributed by atoms with Crippen LogP contribution in [0.1, 0.15) is 30.0 Å². The smallest absolute Gasteiger partial charge is 0.156 e. The van der Waals surface area contributed by atoms with Crippen molar-refractivity contribution in [2.75, 3.05) is 0 Å². The first-order chi connectivity index (χ1) is 6.90. The van der Waals surface area contributed by atoms with E-state index in [4.69, 9.17) is 5.26 Å². The van der Waals surface area contributed by atoms with Crippen LogP contribution in [0.3, 0.4) is 0 Å². The second-order valence-electron chi connectivity index (χ2n) is 3.57. The molecule has 4 heteroatoms. The van der Waals surface area contributed by atoms with E-state index in [0.29, 0.717) is 11.5 Å². The first kappa shape index (κ1) is 7.51. The molecule has 14 heavy (non-hydrogen) atoms. The van der Waals surface area contributed by atoms with Crippen molar-refractivity contribution in [3.05, 3.63) is 30.0 Å². The molecule has 4 nitrogen and oxygen atoms in total. The number of fused-ring (bicyclic) bond motifs is 1. The van der Waals surface area contributed by atoms with Gasteiger partial charge in [0.1, 0.15) is 12.4 Å². The number of rotatable bonds is 1. The Morgan fingerprint density at radius 3 is 3.00 bits per heavy atom. The zero-order chi connectivity index (χ0) is 9.54. The lowest BCUT2D eigenvalue weighted by Crippen LogP contribution is -1.99. The van der Waals surface area contributed by atoms with Crippen LogP contribution in [-0.2, 0) is 0 Å². The van der Waals surface area contributed by atoms with Gasteiger partial charge in [0.05, 0.1) is 11.8 Å². The van der Waals surface area contributed by atoms with Gasteiger partial charge in [0.2, 0.25) is 0 Å². The van der Waals surface area contributed by atoms with Gasteiger partial charge >= 0.3 is 0 Å². The fourth-order valence-electron chi connectivity index (χ4n) is 1.76. The minimum absolute atomic E-state index is 0.532. The molecular weight excluding hydrogens is 176 g/mol. The van der Waals surface area contributed by atoms with E-state index in [0.717, 1.165) is 11.3 Å². The second kappa shape index (κ2) is 2.55. The fourth-order valence-corrected chi connectivity index (χ4v) is 1.76. The molecule has 0 N–H and O–H groups in total. The van der Waals surface area contributed by atoms with E-state index >= 15 is 0 Å². The molecule has 0 unspecified atom stereocenters. The molecule has 2 aromatic rings. The van der Waals surface area contributed by atoms with E-state index in [9.17, 15) is 0 Å². The number of nitriles is 1. The predicted molar refractivity (Wildman–Crippen MR) is 49.7 cm³/mol. The number of aromatic nitrogens is 3. The highest BCUT2D eigenvalue weighted by molar-refractivity contribution is 5.45. The standard InChI is InChI=1S/C10H8N4/c11-3-8-4-13-9-5-12-6-14(9)10(8)7-1-2-7/h4-7H,1-2H2. The van der Waals surface area contributed by atoms with Gasteiger partial charge in [-0.05, 0) is 12.8 Å². The van der Waals surface area contributed by atoms with E-state index in [1.807, 2.05) is 4.40 Å². The lowest BCUT2D eigenvalue weighted by Gasteiger charge is -2.04. The summed E-state index contributed by atoms with van der Waals surface area (Å²) in [5.41, 5.74) is 2.58. The summed E-state index contributed by atoms with van der Waals surface area (Å²) in [5.74, 6) is 0.532. The maximum atomic E-state index is 8.97. The maximum Gasteiger partial charge on any atom is 0.156 e. The summed E-state index contributed by atoms with van der Waals surface area (Å²) >= 11 is 0. The summed E-state index contributed by atoms with van der Waals surface area (Å²) in [7, 11) is 0. The Kier molecular flexibility index (Phi) is 1.37. The molecule has 0 aliphatic heterocycles. The molecule has 0 spiro atoms. The highest BCUT2D eigenvalue weighted by atomic mass is 15.1. The van der Waals surface area contributed by atoms with E-state index < -0.39 is 0 Å². The topological polar surface area (TPSA) is 54.0 Å². The van der Waals surface area contributed by atoms with Crippen molar-refractivity contribution in [3.8, 4) is 6.07 Å². The van der Waals surface area contributed by atoms with Gasteiger partial charge < -0.3 is 0 Å². The molecule has 1 fully saturated rings. The molecule has 0 aromatic carbocycles. The van der Waals surface area contributed by atoms with Gasteiger partial charge in [0.15, 0.2) is 5.65 Å². The van der Waals surface area contributed by atoms with Crippen LogP contribution in [-0.4, -0.2) is 14.4 Å². The zero-order valence-electron chi connectivity index (χ0n) is 7.51. The first-order valence-corrected chi connectivity index (χ1v) is 4.61. The van der Waals surface area contributed by atoms with Crippen LogP contribution in [0, 0.1) is 11.3 Å². The Labute approximate surface area is 80.8 Å². The van der Waals surface area contributed by atoms with Crippen LogP contribution in [0.4, 0.5) is 0 Å². The van der Waals surface area contributed by atoms with Crippen molar-refractivity contribution < 1.29 is 0 Å². The second-order valence-corrected chi connectivity index (χ2v) is 3.57. The molecular formula is C10H8N4. The van der Waals surface area contributed by atoms with E-state index in [2.05, 4.69) is 16.0 Å². The lowest BCUT2D eigenvalue weighted by atomic mass is 10.2. The highest BCUT2D eigenvalue weighted by Crippen LogP contribution is 2.41. The Morgan fingerprint density at radius 1 is 1.43 bits per heavy atom. The Morgan fingerprint density at radius 2 is 2.29 bits per heavy atom. The molecule has 0 radical (unpaired) electrons. The van der Waals surface area contributed by atoms with E-state index in [-0.39, 0.29) is 0 Å². The normalized spacial score (nSPS) is 15.6. The van der Waals surface area contributed by atoms with Crippen LogP contribution in [0.2, 0.25) is 0 Å². The van der Waals surface area contributed by atoms with Crippen LogP contribution in [0.15, 0.2) is 18.7 Å². The van der Waals surface area contributed by atoms with Gasteiger partial charge in [-0.3, -0.25) is 4.40 Å². The van der Waals surface area contributed by atoms with Crippen LogP contribution < -0.4 is 0 Å². The Hall–Kier alpha value is -1.89. The van der Waals surface area contributed by atoms with Crippen molar-refractivity contribution in [2.45, 2.75) is 18.8 Å². The quantitative estimate of drug-likeness (QED) is 0.674. The minimum atomic E-state index is 0.532. The molecule has 0 amide bonds. The molecule has 0 atom stereocenters. The molecule has 2 heterocycles. The molecule has 1 saturated carbocycles. The Bertz CT molecular complexity index is 531. The average Bonchev–Trinajstić information content (AvgIpc) is 2.93. The van der Waals surface area contributed by atoms with Crippen molar-refractivity contribution >= 4 is 5.65 Å². The van der Waals surface area contributed by atoms with E-state index in [1.165, 1.54) is 12.8 Å². The minimum Gasteiger partial charge on any atom is -0.286 e. The van der Waals surface area contributed by atoms with Crippen molar-refractivity contribution in [1.82, 2.24) is 14.4 Å². The van der Waals surface area contributed by atoms with Crippen molar-refractivity contribution in [2.24, 2.45) is 0 Å². The largest absolute Gasteiger partial charge is 0.286 e. The number of nitrogens with zero attached hydrogens (tertiary/aromatic N) is 4. The average molecular weight is 184 g/mol. The molecule has 0 saturated heterocycles. The summed E-state index contributed by atoms with van der Waals surface area (Å²) in [4.78, 5) is 8.20. The third-order valence-corrected chi connectivity index (χ3v) is 2.56. The molecule has 1 aliphatic rings. The van der Waals surface area contributed by atoms with Gasteiger partial charge in [0.25, 0.3) is 0 Å². The summed E-state index contributed by atoms with van der Waals surface area (Å²) < 4.78 is 1.93. The summed E-state index contributed by atoms with van der Waals surface area (Å²) in [6.45, 7) is 0. The van der Waals surface area contributed by atoms with Crippen molar-refractivity contribution in [1.29, 1.82) is 5.26 Å². The number of hydrogen-bond acceptors (Lipinski definition) is 3. The zero-order valence-corrected chi connectivity index (χ0v) is 7.51. The number of imidazole rings is 1. The van der Waals surface area contributed by atoms with Gasteiger partial charge in [-0.25, -0.2) is 9.97 Å². The molecule has 0 bridgehead atoms. The first-order valence-electron chi connectivity index (χ1n) is 4.61. The van der Waals surface area contributed by atoms with Crippen LogP contribution in [0.25, 0.3) is 5.65 Å². The number of hydrogen-bond donors (Lipinski definition) is 0. The molecule has 2 aromatic heterocycles. The van der Waals surface area contributed by atoms with Crippen molar-refractivity contribution in [3.63, 3.8) is 0 Å². The Balaban J connectivity index is 2.38.